The molecule has 2 atom stereocenters. The predicted molar refractivity (Wildman–Crippen MR) is 117 cm³/mol. The third kappa shape index (κ3) is 5.71. The lowest BCUT2D eigenvalue weighted by Gasteiger charge is -2.30. The average Bonchev–Trinajstić information content (AvgIpc) is 2.70. The highest BCUT2D eigenvalue weighted by atomic mass is 16.3. The molecule has 0 saturated heterocycles. The molecule has 0 aliphatic heterocycles. The van der Waals surface area contributed by atoms with E-state index in [0.29, 0.717) is 17.6 Å². The largest absolute Gasteiger partial charge is 0.508 e. The monoisotopic (exact) mass is 373 g/mol. The van der Waals surface area contributed by atoms with Gasteiger partial charge in [-0.25, -0.2) is 0 Å². The van der Waals surface area contributed by atoms with Crippen LogP contribution in [0.3, 0.4) is 0 Å². The minimum Gasteiger partial charge on any atom is -0.508 e. The van der Waals surface area contributed by atoms with Crippen molar-refractivity contribution in [1.82, 2.24) is 4.90 Å². The fourth-order valence-corrected chi connectivity index (χ4v) is 4.12. The van der Waals surface area contributed by atoms with Crippen molar-refractivity contribution >= 4 is 0 Å². The van der Waals surface area contributed by atoms with Crippen LogP contribution in [-0.4, -0.2) is 16.6 Å². The average molecular weight is 374 g/mol. The van der Waals surface area contributed by atoms with E-state index in [2.05, 4.69) is 85.5 Å². The van der Waals surface area contributed by atoms with E-state index in [0.717, 1.165) is 26.1 Å². The van der Waals surface area contributed by atoms with Gasteiger partial charge in [0.25, 0.3) is 0 Å². The second-order valence-electron chi connectivity index (χ2n) is 7.73. The molecule has 0 amide bonds. The summed E-state index contributed by atoms with van der Waals surface area (Å²) < 4.78 is 0. The van der Waals surface area contributed by atoms with E-state index in [-0.39, 0.29) is 0 Å². The number of rotatable bonds is 9. The Balaban J connectivity index is 1.76. The molecule has 3 aromatic rings. The van der Waals surface area contributed by atoms with E-state index < -0.39 is 0 Å². The Morgan fingerprint density at radius 3 is 1.86 bits per heavy atom. The number of nitrogens with zero attached hydrogens (tertiary/aromatic N) is 1. The topological polar surface area (TPSA) is 23.5 Å². The highest BCUT2D eigenvalue weighted by molar-refractivity contribution is 5.30. The van der Waals surface area contributed by atoms with E-state index in [1.165, 1.54) is 16.7 Å². The van der Waals surface area contributed by atoms with Crippen LogP contribution in [0.15, 0.2) is 84.9 Å². The Morgan fingerprint density at radius 2 is 1.36 bits per heavy atom. The van der Waals surface area contributed by atoms with Gasteiger partial charge in [0.2, 0.25) is 0 Å². The van der Waals surface area contributed by atoms with Gasteiger partial charge in [0.15, 0.2) is 0 Å². The SMILES string of the molecule is CC[C@@H](c1cccc(O)c1)[C@@H](C)CN(Cc1ccccc1)Cc1ccccc1. The van der Waals surface area contributed by atoms with Crippen LogP contribution in [0.2, 0.25) is 0 Å². The molecule has 0 saturated carbocycles. The third-order valence-corrected chi connectivity index (χ3v) is 5.47. The molecule has 146 valence electrons. The maximum atomic E-state index is 9.90. The molecule has 0 unspecified atom stereocenters. The van der Waals surface area contributed by atoms with Gasteiger partial charge in [-0.1, -0.05) is 86.6 Å². The first-order valence-electron chi connectivity index (χ1n) is 10.2. The van der Waals surface area contributed by atoms with Crippen LogP contribution >= 0.6 is 0 Å². The van der Waals surface area contributed by atoms with E-state index in [1.807, 2.05) is 12.1 Å². The first kappa shape index (κ1) is 20.2. The van der Waals surface area contributed by atoms with Crippen LogP contribution < -0.4 is 0 Å². The van der Waals surface area contributed by atoms with E-state index in [4.69, 9.17) is 0 Å². The summed E-state index contributed by atoms with van der Waals surface area (Å²) in [4.78, 5) is 2.54. The van der Waals surface area contributed by atoms with Gasteiger partial charge >= 0.3 is 0 Å². The molecule has 0 aliphatic rings. The van der Waals surface area contributed by atoms with E-state index in [1.54, 1.807) is 6.07 Å². The van der Waals surface area contributed by atoms with Gasteiger partial charge in [-0.2, -0.15) is 0 Å². The summed E-state index contributed by atoms with van der Waals surface area (Å²) in [5.41, 5.74) is 3.92. The van der Waals surface area contributed by atoms with Crippen molar-refractivity contribution in [1.29, 1.82) is 0 Å². The lowest BCUT2D eigenvalue weighted by Crippen LogP contribution is -2.30. The zero-order valence-electron chi connectivity index (χ0n) is 17.0. The summed E-state index contributed by atoms with van der Waals surface area (Å²) in [5, 5.41) is 9.90. The Bertz CT molecular complexity index is 790. The summed E-state index contributed by atoms with van der Waals surface area (Å²) >= 11 is 0. The summed E-state index contributed by atoms with van der Waals surface area (Å²) in [6, 6.07) is 29.2. The van der Waals surface area contributed by atoms with Crippen molar-refractivity contribution in [2.24, 2.45) is 5.92 Å². The Hall–Kier alpha value is -2.58. The van der Waals surface area contributed by atoms with Crippen molar-refractivity contribution in [2.45, 2.75) is 39.3 Å². The maximum Gasteiger partial charge on any atom is 0.115 e. The fourth-order valence-electron chi connectivity index (χ4n) is 4.12. The Kier molecular flexibility index (Phi) is 7.27. The van der Waals surface area contributed by atoms with Gasteiger partial charge in [-0.15, -0.1) is 0 Å². The first-order valence-corrected chi connectivity index (χ1v) is 10.2. The van der Waals surface area contributed by atoms with E-state index >= 15 is 0 Å². The molecular weight excluding hydrogens is 342 g/mol. The molecule has 2 heteroatoms. The van der Waals surface area contributed by atoms with Gasteiger partial charge < -0.3 is 5.11 Å². The molecule has 0 heterocycles. The molecule has 0 spiro atoms. The maximum absolute atomic E-state index is 9.90. The van der Waals surface area contributed by atoms with Crippen LogP contribution in [0.4, 0.5) is 0 Å². The molecule has 0 fully saturated rings. The van der Waals surface area contributed by atoms with Crippen LogP contribution in [-0.2, 0) is 13.1 Å². The van der Waals surface area contributed by atoms with Crippen molar-refractivity contribution in [3.8, 4) is 5.75 Å². The van der Waals surface area contributed by atoms with E-state index in [9.17, 15) is 5.11 Å². The molecule has 3 rings (SSSR count). The second-order valence-corrected chi connectivity index (χ2v) is 7.73. The molecular formula is C26H31NO. The lowest BCUT2D eigenvalue weighted by molar-refractivity contribution is 0.204. The van der Waals surface area contributed by atoms with Gasteiger partial charge in [0.1, 0.15) is 5.75 Å². The van der Waals surface area contributed by atoms with Gasteiger partial charge in [0.05, 0.1) is 0 Å². The molecule has 3 aromatic carbocycles. The summed E-state index contributed by atoms with van der Waals surface area (Å²) in [6.07, 6.45) is 1.06. The van der Waals surface area contributed by atoms with Crippen molar-refractivity contribution in [3.63, 3.8) is 0 Å². The minimum atomic E-state index is 0.355. The lowest BCUT2D eigenvalue weighted by atomic mass is 9.84. The Morgan fingerprint density at radius 1 is 0.786 bits per heavy atom. The van der Waals surface area contributed by atoms with Crippen LogP contribution in [0.25, 0.3) is 0 Å². The van der Waals surface area contributed by atoms with Gasteiger partial charge in [-0.3, -0.25) is 4.90 Å². The summed E-state index contributed by atoms with van der Waals surface area (Å²) in [7, 11) is 0. The van der Waals surface area contributed by atoms with Crippen LogP contribution in [0.1, 0.15) is 42.9 Å². The fraction of sp³-hybridized carbons (Fsp3) is 0.308. The molecule has 0 aliphatic carbocycles. The first-order chi connectivity index (χ1) is 13.7. The molecule has 2 nitrogen and oxygen atoms in total. The normalized spacial score (nSPS) is 13.4. The number of phenols is 1. The van der Waals surface area contributed by atoms with Crippen molar-refractivity contribution in [3.05, 3.63) is 102 Å². The van der Waals surface area contributed by atoms with Crippen LogP contribution in [0, 0.1) is 5.92 Å². The van der Waals surface area contributed by atoms with Gasteiger partial charge in [0, 0.05) is 19.6 Å². The number of hydrogen-bond acceptors (Lipinski definition) is 2. The number of benzene rings is 3. The highest BCUT2D eigenvalue weighted by Crippen LogP contribution is 2.31. The predicted octanol–water partition coefficient (Wildman–Crippen LogP) is 6.22. The molecule has 0 aromatic heterocycles. The van der Waals surface area contributed by atoms with Crippen LogP contribution in [0.5, 0.6) is 5.75 Å². The summed E-state index contributed by atoms with van der Waals surface area (Å²) in [6.45, 7) is 7.47. The van der Waals surface area contributed by atoms with Crippen molar-refractivity contribution in [2.75, 3.05) is 6.54 Å². The molecule has 28 heavy (non-hydrogen) atoms. The zero-order chi connectivity index (χ0) is 19.8. The molecule has 1 N–H and O–H groups in total. The zero-order valence-corrected chi connectivity index (χ0v) is 17.0. The van der Waals surface area contributed by atoms with Gasteiger partial charge in [-0.05, 0) is 47.1 Å². The minimum absolute atomic E-state index is 0.355. The molecule has 0 bridgehead atoms. The smallest absolute Gasteiger partial charge is 0.115 e. The highest BCUT2D eigenvalue weighted by Gasteiger charge is 2.21. The molecule has 0 radical (unpaired) electrons. The number of hydrogen-bond donors (Lipinski definition) is 1. The number of aromatic hydroxyl groups is 1. The number of phenolic OH excluding ortho intramolecular Hbond substituents is 1. The van der Waals surface area contributed by atoms with Crippen molar-refractivity contribution < 1.29 is 5.11 Å². The summed E-state index contributed by atoms with van der Waals surface area (Å²) in [5.74, 6) is 1.27. The Labute approximate surface area is 169 Å². The third-order valence-electron chi connectivity index (χ3n) is 5.47. The standard InChI is InChI=1S/C26H31NO/c1-3-26(24-15-10-16-25(28)17-24)21(2)18-27(19-22-11-6-4-7-12-22)20-23-13-8-5-9-14-23/h4-17,21,26,28H,3,18-20H2,1-2H3/t21-,26+/m0/s1. The second kappa shape index (κ2) is 10.1. The quantitative estimate of drug-likeness (QED) is 0.481.